The summed E-state index contributed by atoms with van der Waals surface area (Å²) in [7, 11) is 1.49. The first-order valence-electron chi connectivity index (χ1n) is 8.96. The Morgan fingerprint density at radius 2 is 2.07 bits per heavy atom. The van der Waals surface area contributed by atoms with Crippen LogP contribution in [0.25, 0.3) is 6.08 Å². The van der Waals surface area contributed by atoms with Crippen LogP contribution in [0.2, 0.25) is 5.02 Å². The first kappa shape index (κ1) is 21.8. The molecule has 1 saturated heterocycles. The molecule has 1 fully saturated rings. The zero-order chi connectivity index (χ0) is 21.7. The number of likely N-dealkylation sites (N-methyl/N-ethyl adjacent to an activating group) is 1. The van der Waals surface area contributed by atoms with Gasteiger partial charge >= 0.3 is 0 Å². The number of nitrogens with zero attached hydrogens (tertiary/aromatic N) is 2. The second kappa shape index (κ2) is 9.70. The van der Waals surface area contributed by atoms with Crippen LogP contribution in [0.5, 0.6) is 11.5 Å². The number of carbonyl (C=O) groups is 1. The van der Waals surface area contributed by atoms with Crippen molar-refractivity contribution >= 4 is 46.2 Å². The lowest BCUT2D eigenvalue weighted by Gasteiger charge is -2.12. The number of halogens is 2. The van der Waals surface area contributed by atoms with Gasteiger partial charge in [-0.3, -0.25) is 9.69 Å². The summed E-state index contributed by atoms with van der Waals surface area (Å²) >= 11 is 7.55. The van der Waals surface area contributed by atoms with E-state index in [1.807, 2.05) is 6.92 Å². The molecule has 30 heavy (non-hydrogen) atoms. The molecule has 1 heterocycles. The smallest absolute Gasteiger partial charge is 0.266 e. The highest BCUT2D eigenvalue weighted by Crippen LogP contribution is 2.39. The van der Waals surface area contributed by atoms with Gasteiger partial charge in [-0.05, 0) is 66.7 Å². The number of aliphatic imine (C=N–C) groups is 1. The van der Waals surface area contributed by atoms with Crippen LogP contribution in [0.4, 0.5) is 10.1 Å². The molecule has 0 unspecified atom stereocenters. The van der Waals surface area contributed by atoms with E-state index in [0.717, 1.165) is 0 Å². The van der Waals surface area contributed by atoms with E-state index in [-0.39, 0.29) is 18.3 Å². The fourth-order valence-corrected chi connectivity index (χ4v) is 4.06. The third kappa shape index (κ3) is 4.78. The maximum absolute atomic E-state index is 13.1. The third-order valence-electron chi connectivity index (χ3n) is 4.11. The lowest BCUT2D eigenvalue weighted by molar-refractivity contribution is -0.122. The predicted molar refractivity (Wildman–Crippen MR) is 119 cm³/mol. The molecule has 0 radical (unpaired) electrons. The summed E-state index contributed by atoms with van der Waals surface area (Å²) < 4.78 is 23.9. The number of amides is 1. The Morgan fingerprint density at radius 3 is 2.70 bits per heavy atom. The number of benzene rings is 2. The van der Waals surface area contributed by atoms with Gasteiger partial charge in [-0.1, -0.05) is 17.5 Å². The second-order valence-corrected chi connectivity index (χ2v) is 7.47. The number of amidine groups is 1. The Hall–Kier alpha value is -2.95. The van der Waals surface area contributed by atoms with Crippen molar-refractivity contribution in [2.45, 2.75) is 6.92 Å². The summed E-state index contributed by atoms with van der Waals surface area (Å²) in [5.41, 5.74) is 1.23. The topological polar surface area (TPSA) is 51.1 Å². The van der Waals surface area contributed by atoms with E-state index < -0.39 is 0 Å². The molecule has 8 heteroatoms. The van der Waals surface area contributed by atoms with Gasteiger partial charge in [0, 0.05) is 6.54 Å². The van der Waals surface area contributed by atoms with Gasteiger partial charge in [0.2, 0.25) is 0 Å². The summed E-state index contributed by atoms with van der Waals surface area (Å²) in [4.78, 5) is 19.3. The quantitative estimate of drug-likeness (QED) is 0.458. The molecule has 2 aromatic carbocycles. The van der Waals surface area contributed by atoms with E-state index >= 15 is 0 Å². The van der Waals surface area contributed by atoms with E-state index in [4.69, 9.17) is 27.5 Å². The number of terminal acetylenes is 1. The van der Waals surface area contributed by atoms with Crippen LogP contribution >= 0.6 is 23.4 Å². The van der Waals surface area contributed by atoms with Gasteiger partial charge in [-0.2, -0.15) is 0 Å². The summed E-state index contributed by atoms with van der Waals surface area (Å²) in [6, 6.07) is 9.15. The Labute approximate surface area is 183 Å². The Bertz CT molecular complexity index is 1060. The van der Waals surface area contributed by atoms with Crippen molar-refractivity contribution in [1.82, 2.24) is 4.90 Å². The number of carbonyl (C=O) groups excluding carboxylic acids is 1. The third-order valence-corrected chi connectivity index (χ3v) is 5.39. The molecular formula is C22H18ClFN2O3S. The van der Waals surface area contributed by atoms with Gasteiger partial charge in [0.1, 0.15) is 12.4 Å². The van der Waals surface area contributed by atoms with Crippen molar-refractivity contribution in [2.24, 2.45) is 4.99 Å². The molecule has 0 aromatic heterocycles. The monoisotopic (exact) mass is 444 g/mol. The Morgan fingerprint density at radius 1 is 1.33 bits per heavy atom. The number of hydrogen-bond donors (Lipinski definition) is 0. The summed E-state index contributed by atoms with van der Waals surface area (Å²) in [6.07, 6.45) is 6.94. The zero-order valence-corrected chi connectivity index (χ0v) is 17.9. The van der Waals surface area contributed by atoms with Crippen LogP contribution in [-0.2, 0) is 4.79 Å². The normalized spacial score (nSPS) is 16.2. The minimum absolute atomic E-state index is 0.0551. The van der Waals surface area contributed by atoms with E-state index in [1.54, 1.807) is 35.2 Å². The maximum Gasteiger partial charge on any atom is 0.266 e. The van der Waals surface area contributed by atoms with Crippen LogP contribution in [0, 0.1) is 18.2 Å². The molecule has 0 bridgehead atoms. The van der Waals surface area contributed by atoms with E-state index in [2.05, 4.69) is 10.9 Å². The molecule has 1 amide bonds. The molecule has 5 nitrogen and oxygen atoms in total. The predicted octanol–water partition coefficient (Wildman–Crippen LogP) is 5.12. The SMILES string of the molecule is C#CCOc1c(Cl)cc(/C=C2/SC(=Nc3ccc(F)cc3)N(CC)C2=O)cc1OC. The van der Waals surface area contributed by atoms with Crippen molar-refractivity contribution in [1.29, 1.82) is 0 Å². The van der Waals surface area contributed by atoms with Crippen molar-refractivity contribution in [3.63, 3.8) is 0 Å². The molecule has 1 aliphatic rings. The lowest BCUT2D eigenvalue weighted by atomic mass is 10.1. The number of hydrogen-bond acceptors (Lipinski definition) is 5. The minimum Gasteiger partial charge on any atom is -0.493 e. The number of rotatable bonds is 6. The van der Waals surface area contributed by atoms with Gasteiger partial charge in [0.15, 0.2) is 16.7 Å². The molecular weight excluding hydrogens is 427 g/mol. The minimum atomic E-state index is -0.345. The maximum atomic E-state index is 13.1. The average molecular weight is 445 g/mol. The first-order chi connectivity index (χ1) is 14.5. The molecule has 154 valence electrons. The van der Waals surface area contributed by atoms with Crippen LogP contribution in [0.1, 0.15) is 12.5 Å². The van der Waals surface area contributed by atoms with E-state index in [1.165, 1.54) is 31.0 Å². The number of thioether (sulfide) groups is 1. The first-order valence-corrected chi connectivity index (χ1v) is 10.2. The zero-order valence-electron chi connectivity index (χ0n) is 16.3. The van der Waals surface area contributed by atoms with Gasteiger partial charge < -0.3 is 9.47 Å². The second-order valence-electron chi connectivity index (χ2n) is 6.06. The molecule has 3 rings (SSSR count). The van der Waals surface area contributed by atoms with Crippen LogP contribution < -0.4 is 9.47 Å². The number of ether oxygens (including phenoxy) is 2. The average Bonchev–Trinajstić information content (AvgIpc) is 3.02. The largest absolute Gasteiger partial charge is 0.493 e. The molecule has 2 aromatic rings. The standard InChI is InChI=1S/C22H18ClFN2O3S/c1-4-10-29-20-17(23)11-14(12-18(20)28-3)13-19-21(27)26(5-2)22(30-19)25-16-8-6-15(24)7-9-16/h1,6-9,11-13H,5,10H2,2-3H3/b19-13+,25-22?. The van der Waals surface area contributed by atoms with E-state index in [0.29, 0.717) is 44.4 Å². The fourth-order valence-electron chi connectivity index (χ4n) is 2.72. The molecule has 0 spiro atoms. The highest BCUT2D eigenvalue weighted by molar-refractivity contribution is 8.18. The van der Waals surface area contributed by atoms with Gasteiger partial charge in [-0.25, -0.2) is 9.38 Å². The van der Waals surface area contributed by atoms with E-state index in [9.17, 15) is 9.18 Å². The van der Waals surface area contributed by atoms with Crippen molar-refractivity contribution < 1.29 is 18.7 Å². The molecule has 0 N–H and O–H groups in total. The Balaban J connectivity index is 1.93. The molecule has 1 aliphatic heterocycles. The molecule has 0 saturated carbocycles. The fraction of sp³-hybridized carbons (Fsp3) is 0.182. The highest BCUT2D eigenvalue weighted by Gasteiger charge is 2.32. The number of methoxy groups -OCH3 is 1. The van der Waals surface area contributed by atoms with Crippen LogP contribution in [0.15, 0.2) is 46.3 Å². The van der Waals surface area contributed by atoms with Gasteiger partial charge in [0.05, 0.1) is 22.7 Å². The lowest BCUT2D eigenvalue weighted by Crippen LogP contribution is -2.28. The summed E-state index contributed by atoms with van der Waals surface area (Å²) in [5, 5.41) is 0.840. The van der Waals surface area contributed by atoms with Gasteiger partial charge in [0.25, 0.3) is 5.91 Å². The Kier molecular flexibility index (Phi) is 7.03. The highest BCUT2D eigenvalue weighted by atomic mass is 35.5. The molecule has 0 aliphatic carbocycles. The summed E-state index contributed by atoms with van der Waals surface area (Å²) in [5.74, 6) is 2.61. The summed E-state index contributed by atoms with van der Waals surface area (Å²) in [6.45, 7) is 2.37. The molecule has 0 atom stereocenters. The van der Waals surface area contributed by atoms with Crippen LogP contribution in [0.3, 0.4) is 0 Å². The van der Waals surface area contributed by atoms with Crippen LogP contribution in [-0.4, -0.2) is 36.2 Å². The van der Waals surface area contributed by atoms with Crippen molar-refractivity contribution in [2.75, 3.05) is 20.3 Å². The van der Waals surface area contributed by atoms with Crippen molar-refractivity contribution in [3.05, 3.63) is 57.7 Å². The van der Waals surface area contributed by atoms with Gasteiger partial charge in [-0.15, -0.1) is 6.42 Å². The van der Waals surface area contributed by atoms with Crippen molar-refractivity contribution in [3.8, 4) is 23.8 Å².